The highest BCUT2D eigenvalue weighted by atomic mass is 16.5. The molecule has 3 rings (SSSR count). The number of carbonyl (C=O) groups excluding carboxylic acids is 1. The van der Waals surface area contributed by atoms with Gasteiger partial charge in [-0.2, -0.15) is 5.10 Å². The van der Waals surface area contributed by atoms with Gasteiger partial charge in [-0.3, -0.25) is 4.79 Å². The predicted molar refractivity (Wildman–Crippen MR) is 88.3 cm³/mol. The summed E-state index contributed by atoms with van der Waals surface area (Å²) >= 11 is 0. The Kier molecular flexibility index (Phi) is 4.53. The lowest BCUT2D eigenvalue weighted by molar-refractivity contribution is -0.134. The van der Waals surface area contributed by atoms with Gasteiger partial charge in [-0.15, -0.1) is 5.10 Å². The van der Waals surface area contributed by atoms with E-state index in [9.17, 15) is 4.79 Å². The molecule has 0 spiro atoms. The molecule has 1 saturated heterocycles. The molecule has 126 valence electrons. The minimum absolute atomic E-state index is 0.0233. The molecule has 2 heterocycles. The maximum Gasteiger partial charge on any atom is 0.248 e. The van der Waals surface area contributed by atoms with E-state index in [1.165, 1.54) is 19.3 Å². The van der Waals surface area contributed by atoms with Gasteiger partial charge < -0.3 is 14.5 Å². The zero-order valence-corrected chi connectivity index (χ0v) is 14.3. The van der Waals surface area contributed by atoms with Crippen molar-refractivity contribution in [1.29, 1.82) is 0 Å². The Balaban J connectivity index is 1.63. The number of anilines is 1. The number of hydrogen-bond donors (Lipinski definition) is 0. The first-order valence-corrected chi connectivity index (χ1v) is 8.33. The van der Waals surface area contributed by atoms with Crippen LogP contribution >= 0.6 is 0 Å². The Hall–Kier alpha value is -1.69. The van der Waals surface area contributed by atoms with Crippen molar-refractivity contribution >= 4 is 11.7 Å². The van der Waals surface area contributed by atoms with Gasteiger partial charge >= 0.3 is 0 Å². The van der Waals surface area contributed by atoms with E-state index < -0.39 is 0 Å². The van der Waals surface area contributed by atoms with E-state index in [0.29, 0.717) is 12.5 Å². The molecule has 1 aromatic heterocycles. The molecule has 1 saturated carbocycles. The molecule has 6 heteroatoms. The van der Waals surface area contributed by atoms with Crippen molar-refractivity contribution in [3.05, 3.63) is 17.8 Å². The zero-order chi connectivity index (χ0) is 16.4. The van der Waals surface area contributed by atoms with Crippen LogP contribution in [0.2, 0.25) is 0 Å². The van der Waals surface area contributed by atoms with E-state index >= 15 is 0 Å². The van der Waals surface area contributed by atoms with Crippen LogP contribution in [0, 0.1) is 18.3 Å². The third-order valence-corrected chi connectivity index (χ3v) is 5.26. The summed E-state index contributed by atoms with van der Waals surface area (Å²) in [6, 6.07) is 4.06. The van der Waals surface area contributed by atoms with Crippen LogP contribution in [-0.2, 0) is 9.53 Å². The number of aromatic nitrogens is 2. The highest BCUT2D eigenvalue weighted by Crippen LogP contribution is 2.49. The Morgan fingerprint density at radius 2 is 2.26 bits per heavy atom. The largest absolute Gasteiger partial charge is 0.371 e. The summed E-state index contributed by atoms with van der Waals surface area (Å²) in [7, 11) is 3.52. The van der Waals surface area contributed by atoms with Gasteiger partial charge in [0.15, 0.2) is 5.82 Å². The molecule has 1 aliphatic carbocycles. The Labute approximate surface area is 137 Å². The molecule has 0 bridgehead atoms. The molecule has 0 aromatic carbocycles. The third kappa shape index (κ3) is 3.32. The summed E-state index contributed by atoms with van der Waals surface area (Å²) in [6.07, 6.45) is 3.66. The number of ether oxygens (including phenoxy) is 1. The standard InChI is InChI=1S/C17H26N4O2/c1-13-6-7-15(19-18-13)21-9-14-5-4-8-17(14,11-21)12-23-10-16(22)20(2)3/h6-7,14H,4-5,8-12H2,1-3H3/t14-,17+/m1/s1. The molecule has 2 atom stereocenters. The van der Waals surface area contributed by atoms with E-state index in [0.717, 1.165) is 24.6 Å². The van der Waals surface area contributed by atoms with Gasteiger partial charge in [-0.1, -0.05) is 6.42 Å². The number of amides is 1. The molecule has 1 amide bonds. The summed E-state index contributed by atoms with van der Waals surface area (Å²) in [5.74, 6) is 1.60. The molecule has 6 nitrogen and oxygen atoms in total. The number of aryl methyl sites for hydroxylation is 1. The van der Waals surface area contributed by atoms with Crippen LogP contribution in [-0.4, -0.2) is 61.4 Å². The Bertz CT molecular complexity index is 560. The summed E-state index contributed by atoms with van der Waals surface area (Å²) in [5, 5.41) is 8.50. The van der Waals surface area contributed by atoms with Crippen LogP contribution in [0.15, 0.2) is 12.1 Å². The third-order valence-electron chi connectivity index (χ3n) is 5.26. The van der Waals surface area contributed by atoms with Crippen LogP contribution in [0.4, 0.5) is 5.82 Å². The van der Waals surface area contributed by atoms with E-state index in [2.05, 4.69) is 15.1 Å². The molecule has 1 aliphatic heterocycles. The fourth-order valence-electron chi connectivity index (χ4n) is 3.86. The second kappa shape index (κ2) is 6.43. The Morgan fingerprint density at radius 1 is 1.43 bits per heavy atom. The highest BCUT2D eigenvalue weighted by Gasteiger charge is 2.50. The van der Waals surface area contributed by atoms with E-state index in [4.69, 9.17) is 4.74 Å². The number of carbonyl (C=O) groups is 1. The normalized spacial score (nSPS) is 26.4. The first-order valence-electron chi connectivity index (χ1n) is 8.33. The lowest BCUT2D eigenvalue weighted by Gasteiger charge is -2.28. The lowest BCUT2D eigenvalue weighted by Crippen LogP contribution is -2.35. The van der Waals surface area contributed by atoms with Crippen LogP contribution in [0.25, 0.3) is 0 Å². The van der Waals surface area contributed by atoms with Gasteiger partial charge in [0, 0.05) is 32.6 Å². The van der Waals surface area contributed by atoms with E-state index in [1.54, 1.807) is 19.0 Å². The number of rotatable bonds is 5. The van der Waals surface area contributed by atoms with Crippen molar-refractivity contribution < 1.29 is 9.53 Å². The second-order valence-corrected chi connectivity index (χ2v) is 7.15. The first kappa shape index (κ1) is 16.2. The van der Waals surface area contributed by atoms with Gasteiger partial charge in [0.2, 0.25) is 5.91 Å². The van der Waals surface area contributed by atoms with Gasteiger partial charge in [-0.25, -0.2) is 0 Å². The Morgan fingerprint density at radius 3 is 2.96 bits per heavy atom. The summed E-state index contributed by atoms with van der Waals surface area (Å²) < 4.78 is 5.79. The summed E-state index contributed by atoms with van der Waals surface area (Å²) in [6.45, 7) is 4.75. The van der Waals surface area contributed by atoms with E-state index in [-0.39, 0.29) is 17.9 Å². The van der Waals surface area contributed by atoms with Crippen LogP contribution in [0.5, 0.6) is 0 Å². The maximum atomic E-state index is 11.7. The molecule has 23 heavy (non-hydrogen) atoms. The number of nitrogens with zero attached hydrogens (tertiary/aromatic N) is 4. The van der Waals surface area contributed by atoms with Crippen LogP contribution in [0.3, 0.4) is 0 Å². The number of fused-ring (bicyclic) bond motifs is 1. The maximum absolute atomic E-state index is 11.7. The lowest BCUT2D eigenvalue weighted by atomic mass is 9.82. The highest BCUT2D eigenvalue weighted by molar-refractivity contribution is 5.76. The first-order chi connectivity index (χ1) is 11.0. The van der Waals surface area contributed by atoms with Crippen LogP contribution < -0.4 is 4.90 Å². The van der Waals surface area contributed by atoms with Crippen molar-refractivity contribution in [3.63, 3.8) is 0 Å². The smallest absolute Gasteiger partial charge is 0.248 e. The molecule has 0 unspecified atom stereocenters. The van der Waals surface area contributed by atoms with E-state index in [1.807, 2.05) is 19.1 Å². The average molecular weight is 318 g/mol. The SMILES string of the molecule is Cc1ccc(N2C[C@H]3CCC[C@@]3(COCC(=O)N(C)C)C2)nn1. The van der Waals surface area contributed by atoms with Crippen LogP contribution in [0.1, 0.15) is 25.0 Å². The molecule has 2 fully saturated rings. The summed E-state index contributed by atoms with van der Waals surface area (Å²) in [4.78, 5) is 15.6. The van der Waals surface area contributed by atoms with Gasteiger partial charge in [0.1, 0.15) is 6.61 Å². The minimum Gasteiger partial charge on any atom is -0.371 e. The number of likely N-dealkylation sites (N-methyl/N-ethyl adjacent to an activating group) is 1. The molecule has 1 aromatic rings. The monoisotopic (exact) mass is 318 g/mol. The molecule has 2 aliphatic rings. The van der Waals surface area contributed by atoms with Crippen molar-refractivity contribution in [2.75, 3.05) is 45.3 Å². The fourth-order valence-corrected chi connectivity index (χ4v) is 3.86. The molecule has 0 N–H and O–H groups in total. The zero-order valence-electron chi connectivity index (χ0n) is 14.3. The number of hydrogen-bond acceptors (Lipinski definition) is 5. The quantitative estimate of drug-likeness (QED) is 0.823. The van der Waals surface area contributed by atoms with Crippen molar-refractivity contribution in [3.8, 4) is 0 Å². The van der Waals surface area contributed by atoms with Crippen molar-refractivity contribution in [2.24, 2.45) is 11.3 Å². The molecular formula is C17H26N4O2. The van der Waals surface area contributed by atoms with Crippen molar-refractivity contribution in [2.45, 2.75) is 26.2 Å². The van der Waals surface area contributed by atoms with Gasteiger partial charge in [0.25, 0.3) is 0 Å². The van der Waals surface area contributed by atoms with Gasteiger partial charge in [-0.05, 0) is 37.8 Å². The second-order valence-electron chi connectivity index (χ2n) is 7.15. The molecular weight excluding hydrogens is 292 g/mol. The summed E-state index contributed by atoms with van der Waals surface area (Å²) in [5.41, 5.74) is 1.10. The fraction of sp³-hybridized carbons (Fsp3) is 0.706. The average Bonchev–Trinajstić information content (AvgIpc) is 3.04. The molecule has 0 radical (unpaired) electrons. The van der Waals surface area contributed by atoms with Gasteiger partial charge in [0.05, 0.1) is 12.3 Å². The minimum atomic E-state index is 0.0233. The predicted octanol–water partition coefficient (Wildman–Crippen LogP) is 1.50. The van der Waals surface area contributed by atoms with Crippen molar-refractivity contribution in [1.82, 2.24) is 15.1 Å². The topological polar surface area (TPSA) is 58.6 Å².